The summed E-state index contributed by atoms with van der Waals surface area (Å²) in [7, 11) is 1.97. The van der Waals surface area contributed by atoms with Gasteiger partial charge in [0, 0.05) is 46.4 Å². The Morgan fingerprint density at radius 3 is 2.94 bits per heavy atom. The van der Waals surface area contributed by atoms with Gasteiger partial charge in [-0.25, -0.2) is 4.98 Å². The number of nitrogens with one attached hydrogen (secondary N) is 3. The van der Waals surface area contributed by atoms with E-state index in [9.17, 15) is 4.79 Å². The molecule has 1 amide bonds. The molecule has 1 atom stereocenters. The summed E-state index contributed by atoms with van der Waals surface area (Å²) in [5.41, 5.74) is 2.54. The third-order valence-corrected chi connectivity index (χ3v) is 7.25. The highest BCUT2D eigenvalue weighted by Crippen LogP contribution is 2.35. The molecule has 1 aromatic carbocycles. The third kappa shape index (κ3) is 4.57. The first-order valence-electron chi connectivity index (χ1n) is 11.3. The standard InChI is InChI=1S/C25H27N7OS/c1-16(21-7-8-22(34-21)19-6-4-3-5-17(19)12-26-2)30-25-20-11-23(28-13-18(20)14-29-31-25)32-10-9-27-24(33)15-32/h3-8,11,13-14,16,26H,9-10,12,15H2,1-2H3,(H,27,33)(H,30,31)/t16-/m1/s1. The summed E-state index contributed by atoms with van der Waals surface area (Å²) in [6.45, 7) is 4.62. The van der Waals surface area contributed by atoms with Gasteiger partial charge in [-0.2, -0.15) is 5.10 Å². The number of amides is 1. The number of hydrogen-bond acceptors (Lipinski definition) is 8. The number of piperazine rings is 1. The van der Waals surface area contributed by atoms with Gasteiger partial charge in [0.15, 0.2) is 5.82 Å². The van der Waals surface area contributed by atoms with Crippen LogP contribution in [0.25, 0.3) is 21.2 Å². The molecule has 4 aromatic rings. The van der Waals surface area contributed by atoms with Gasteiger partial charge in [0.1, 0.15) is 5.82 Å². The molecule has 0 aliphatic carbocycles. The fraction of sp³-hybridized carbons (Fsp3) is 0.280. The lowest BCUT2D eigenvalue weighted by molar-refractivity contribution is -0.120. The number of fused-ring (bicyclic) bond motifs is 1. The molecule has 4 heterocycles. The van der Waals surface area contributed by atoms with Crippen molar-refractivity contribution in [1.29, 1.82) is 0 Å². The highest BCUT2D eigenvalue weighted by Gasteiger charge is 2.19. The van der Waals surface area contributed by atoms with Crippen molar-refractivity contribution in [1.82, 2.24) is 25.8 Å². The van der Waals surface area contributed by atoms with Gasteiger partial charge in [0.25, 0.3) is 0 Å². The predicted molar refractivity (Wildman–Crippen MR) is 137 cm³/mol. The van der Waals surface area contributed by atoms with Crippen LogP contribution in [0.2, 0.25) is 0 Å². The minimum absolute atomic E-state index is 0.0118. The van der Waals surface area contributed by atoms with E-state index < -0.39 is 0 Å². The van der Waals surface area contributed by atoms with E-state index in [1.54, 1.807) is 23.7 Å². The van der Waals surface area contributed by atoms with Crippen LogP contribution in [-0.4, -0.2) is 47.8 Å². The Balaban J connectivity index is 1.40. The summed E-state index contributed by atoms with van der Waals surface area (Å²) in [4.78, 5) is 20.8. The average Bonchev–Trinajstić information content (AvgIpc) is 3.35. The van der Waals surface area contributed by atoms with Crippen LogP contribution in [0.15, 0.2) is 54.9 Å². The van der Waals surface area contributed by atoms with Gasteiger partial charge in [-0.05, 0) is 43.3 Å². The number of nitrogens with zero attached hydrogens (tertiary/aromatic N) is 4. The number of pyridine rings is 1. The molecule has 1 fully saturated rings. The lowest BCUT2D eigenvalue weighted by atomic mass is 10.1. The van der Waals surface area contributed by atoms with Crippen LogP contribution < -0.4 is 20.9 Å². The van der Waals surface area contributed by atoms with Gasteiger partial charge in [0.2, 0.25) is 5.91 Å². The monoisotopic (exact) mass is 473 g/mol. The Morgan fingerprint density at radius 1 is 1.21 bits per heavy atom. The quantitative estimate of drug-likeness (QED) is 0.378. The summed E-state index contributed by atoms with van der Waals surface area (Å²) >= 11 is 1.78. The summed E-state index contributed by atoms with van der Waals surface area (Å²) in [5, 5.41) is 20.0. The zero-order valence-electron chi connectivity index (χ0n) is 19.2. The van der Waals surface area contributed by atoms with Crippen LogP contribution in [-0.2, 0) is 11.3 Å². The van der Waals surface area contributed by atoms with Crippen LogP contribution in [0.5, 0.6) is 0 Å². The van der Waals surface area contributed by atoms with E-state index in [-0.39, 0.29) is 11.9 Å². The molecule has 9 heteroatoms. The average molecular weight is 474 g/mol. The van der Waals surface area contributed by atoms with E-state index in [1.807, 2.05) is 18.0 Å². The number of anilines is 2. The van der Waals surface area contributed by atoms with Crippen molar-refractivity contribution < 1.29 is 4.79 Å². The number of aromatic nitrogens is 3. The Kier molecular flexibility index (Phi) is 6.37. The molecule has 34 heavy (non-hydrogen) atoms. The number of rotatable bonds is 7. The van der Waals surface area contributed by atoms with Crippen LogP contribution in [0.3, 0.4) is 0 Å². The first-order chi connectivity index (χ1) is 16.6. The van der Waals surface area contributed by atoms with E-state index in [0.29, 0.717) is 18.9 Å². The fourth-order valence-electron chi connectivity index (χ4n) is 4.19. The first kappa shape index (κ1) is 22.2. The van der Waals surface area contributed by atoms with E-state index in [1.165, 1.54) is 20.9 Å². The van der Waals surface area contributed by atoms with Gasteiger partial charge < -0.3 is 20.9 Å². The Labute approximate surface area is 202 Å². The molecule has 8 nitrogen and oxygen atoms in total. The summed E-state index contributed by atoms with van der Waals surface area (Å²) in [6.07, 6.45) is 3.51. The fourth-order valence-corrected chi connectivity index (χ4v) is 5.26. The molecule has 1 aliphatic heterocycles. The molecule has 0 bridgehead atoms. The number of hydrogen-bond donors (Lipinski definition) is 3. The van der Waals surface area contributed by atoms with E-state index in [0.717, 1.165) is 29.7 Å². The topological polar surface area (TPSA) is 95.1 Å². The molecule has 0 unspecified atom stereocenters. The maximum absolute atomic E-state index is 11.8. The van der Waals surface area contributed by atoms with Gasteiger partial charge >= 0.3 is 0 Å². The van der Waals surface area contributed by atoms with Crippen molar-refractivity contribution in [2.24, 2.45) is 0 Å². The maximum atomic E-state index is 11.8. The highest BCUT2D eigenvalue weighted by atomic mass is 32.1. The second kappa shape index (κ2) is 9.74. The second-order valence-corrected chi connectivity index (χ2v) is 9.47. The van der Waals surface area contributed by atoms with Gasteiger partial charge in [-0.1, -0.05) is 24.3 Å². The van der Waals surface area contributed by atoms with Gasteiger partial charge in [0.05, 0.1) is 18.8 Å². The van der Waals surface area contributed by atoms with Crippen molar-refractivity contribution in [3.8, 4) is 10.4 Å². The zero-order chi connectivity index (χ0) is 23.5. The lowest BCUT2D eigenvalue weighted by Gasteiger charge is -2.27. The number of thiophene rings is 1. The Hall–Kier alpha value is -3.56. The third-order valence-electron chi connectivity index (χ3n) is 5.95. The largest absolute Gasteiger partial charge is 0.361 e. The molecular weight excluding hydrogens is 446 g/mol. The summed E-state index contributed by atoms with van der Waals surface area (Å²) in [5.74, 6) is 1.49. The molecule has 3 N–H and O–H groups in total. The van der Waals surface area contributed by atoms with E-state index in [4.69, 9.17) is 0 Å². The van der Waals surface area contributed by atoms with Crippen molar-refractivity contribution in [3.63, 3.8) is 0 Å². The minimum Gasteiger partial charge on any atom is -0.361 e. The maximum Gasteiger partial charge on any atom is 0.239 e. The van der Waals surface area contributed by atoms with E-state index in [2.05, 4.69) is 74.5 Å². The van der Waals surface area contributed by atoms with Crippen molar-refractivity contribution in [3.05, 3.63) is 65.3 Å². The number of benzene rings is 1. The Bertz CT molecular complexity index is 1320. The van der Waals surface area contributed by atoms with Crippen LogP contribution in [0.4, 0.5) is 11.6 Å². The molecule has 1 aliphatic rings. The molecule has 0 spiro atoms. The van der Waals surface area contributed by atoms with Gasteiger partial charge in [-0.3, -0.25) is 4.79 Å². The van der Waals surface area contributed by atoms with Crippen molar-refractivity contribution >= 4 is 39.7 Å². The zero-order valence-corrected chi connectivity index (χ0v) is 20.0. The lowest BCUT2D eigenvalue weighted by Crippen LogP contribution is -2.48. The van der Waals surface area contributed by atoms with Crippen LogP contribution in [0.1, 0.15) is 23.4 Å². The Morgan fingerprint density at radius 2 is 2.09 bits per heavy atom. The molecule has 0 saturated carbocycles. The molecule has 3 aromatic heterocycles. The molecule has 0 radical (unpaired) electrons. The minimum atomic E-state index is 0.0118. The molecule has 5 rings (SSSR count). The van der Waals surface area contributed by atoms with E-state index >= 15 is 0 Å². The molecular formula is C25H27N7OS. The molecule has 174 valence electrons. The number of carbonyl (C=O) groups excluding carboxylic acids is 1. The summed E-state index contributed by atoms with van der Waals surface area (Å²) < 4.78 is 0. The summed E-state index contributed by atoms with van der Waals surface area (Å²) in [6, 6.07) is 14.9. The SMILES string of the molecule is CNCc1ccccc1-c1ccc([C@@H](C)Nc2nncc3cnc(N4CCNC(=O)C4)cc23)s1. The molecule has 1 saturated heterocycles. The van der Waals surface area contributed by atoms with Crippen molar-refractivity contribution in [2.75, 3.05) is 36.9 Å². The van der Waals surface area contributed by atoms with Gasteiger partial charge in [-0.15, -0.1) is 16.4 Å². The van der Waals surface area contributed by atoms with Crippen LogP contribution in [0, 0.1) is 0 Å². The first-order valence-corrected chi connectivity index (χ1v) is 12.2. The van der Waals surface area contributed by atoms with Crippen molar-refractivity contribution in [2.45, 2.75) is 19.5 Å². The normalized spacial score (nSPS) is 14.8. The second-order valence-electron chi connectivity index (χ2n) is 8.35. The smallest absolute Gasteiger partial charge is 0.239 e. The number of carbonyl (C=O) groups is 1. The van der Waals surface area contributed by atoms with Crippen LogP contribution >= 0.6 is 11.3 Å². The highest BCUT2D eigenvalue weighted by molar-refractivity contribution is 7.15. The predicted octanol–water partition coefficient (Wildman–Crippen LogP) is 3.58.